The standard InChI is InChI=1S/C10H14O2S/c1-9-5-3-4-6-10(2,8-7-9)13(9,11)12/h3,5,7-8H,4,6H2,1-2H3/t9-,10-/m0/s1. The summed E-state index contributed by atoms with van der Waals surface area (Å²) >= 11 is 0. The maximum Gasteiger partial charge on any atom is 0.171 e. The Hall–Kier alpha value is -0.570. The second-order valence-corrected chi connectivity index (χ2v) is 7.09. The molecule has 2 nitrogen and oxygen atoms in total. The van der Waals surface area contributed by atoms with E-state index in [1.807, 2.05) is 31.2 Å². The Labute approximate surface area is 79.3 Å². The molecule has 0 unspecified atom stereocenters. The van der Waals surface area contributed by atoms with Crippen molar-refractivity contribution in [1.29, 1.82) is 0 Å². The number of hydrogen-bond donors (Lipinski definition) is 0. The highest BCUT2D eigenvalue weighted by Crippen LogP contribution is 2.44. The minimum Gasteiger partial charge on any atom is -0.227 e. The van der Waals surface area contributed by atoms with E-state index >= 15 is 0 Å². The number of hydrogen-bond acceptors (Lipinski definition) is 2. The van der Waals surface area contributed by atoms with E-state index in [1.165, 1.54) is 0 Å². The summed E-state index contributed by atoms with van der Waals surface area (Å²) in [6.45, 7) is 3.59. The largest absolute Gasteiger partial charge is 0.227 e. The average Bonchev–Trinajstić information content (AvgIpc) is 2.15. The summed E-state index contributed by atoms with van der Waals surface area (Å²) in [6.07, 6.45) is 9.03. The second-order valence-electron chi connectivity index (χ2n) is 4.27. The van der Waals surface area contributed by atoms with Gasteiger partial charge in [-0.3, -0.25) is 0 Å². The maximum absolute atomic E-state index is 12.1. The topological polar surface area (TPSA) is 34.1 Å². The number of sulfone groups is 1. The molecule has 0 aromatic heterocycles. The van der Waals surface area contributed by atoms with Crippen molar-refractivity contribution in [2.45, 2.75) is 36.2 Å². The van der Waals surface area contributed by atoms with Gasteiger partial charge in [-0.05, 0) is 26.7 Å². The first-order valence-electron chi connectivity index (χ1n) is 4.54. The molecule has 0 N–H and O–H groups in total. The summed E-state index contributed by atoms with van der Waals surface area (Å²) < 4.78 is 22.9. The third kappa shape index (κ3) is 0.909. The van der Waals surface area contributed by atoms with E-state index in [0.717, 1.165) is 6.42 Å². The maximum atomic E-state index is 12.1. The van der Waals surface area contributed by atoms with Crippen molar-refractivity contribution >= 4 is 9.84 Å². The lowest BCUT2D eigenvalue weighted by atomic mass is 9.98. The van der Waals surface area contributed by atoms with Gasteiger partial charge in [0.15, 0.2) is 9.84 Å². The van der Waals surface area contributed by atoms with Crippen LogP contribution in [0.5, 0.6) is 0 Å². The van der Waals surface area contributed by atoms with Gasteiger partial charge in [0.05, 0.1) is 4.75 Å². The number of fused-ring (bicyclic) bond motifs is 2. The Morgan fingerprint density at radius 2 is 1.85 bits per heavy atom. The SMILES string of the molecule is C[C@]12C=CCC[C@@](C)(C=C1)S2(=O)=O. The lowest BCUT2D eigenvalue weighted by Gasteiger charge is -2.25. The van der Waals surface area contributed by atoms with Crippen LogP contribution in [-0.4, -0.2) is 17.9 Å². The van der Waals surface area contributed by atoms with Crippen LogP contribution in [0.2, 0.25) is 0 Å². The Balaban J connectivity index is 2.69. The van der Waals surface area contributed by atoms with Gasteiger partial charge in [-0.15, -0.1) is 0 Å². The van der Waals surface area contributed by atoms with Crippen LogP contribution < -0.4 is 0 Å². The zero-order valence-electron chi connectivity index (χ0n) is 7.95. The summed E-state index contributed by atoms with van der Waals surface area (Å²) in [7, 11) is -3.06. The van der Waals surface area contributed by atoms with Gasteiger partial charge < -0.3 is 0 Å². The summed E-state index contributed by atoms with van der Waals surface area (Å²) in [5, 5.41) is 0. The molecule has 0 saturated carbocycles. The van der Waals surface area contributed by atoms with E-state index in [9.17, 15) is 8.42 Å². The third-order valence-corrected chi connectivity index (χ3v) is 6.21. The molecule has 0 aromatic rings. The molecule has 2 heterocycles. The third-order valence-electron chi connectivity index (χ3n) is 3.22. The van der Waals surface area contributed by atoms with Crippen LogP contribution in [0.1, 0.15) is 26.7 Å². The van der Waals surface area contributed by atoms with Gasteiger partial charge in [-0.25, -0.2) is 8.42 Å². The van der Waals surface area contributed by atoms with Crippen LogP contribution in [0, 0.1) is 0 Å². The van der Waals surface area contributed by atoms with Crippen molar-refractivity contribution in [2.75, 3.05) is 0 Å². The van der Waals surface area contributed by atoms with Gasteiger partial charge in [0.2, 0.25) is 0 Å². The molecule has 2 atom stereocenters. The zero-order valence-corrected chi connectivity index (χ0v) is 8.76. The molecule has 0 saturated heterocycles. The van der Waals surface area contributed by atoms with Crippen LogP contribution in [0.25, 0.3) is 0 Å². The summed E-state index contributed by atoms with van der Waals surface area (Å²) in [5.74, 6) is 0. The molecule has 0 fully saturated rings. The van der Waals surface area contributed by atoms with Crippen LogP contribution in [0.4, 0.5) is 0 Å². The molecule has 0 radical (unpaired) electrons. The number of rotatable bonds is 0. The van der Waals surface area contributed by atoms with Crippen molar-refractivity contribution in [1.82, 2.24) is 0 Å². The first-order valence-corrected chi connectivity index (χ1v) is 6.02. The van der Waals surface area contributed by atoms with Gasteiger partial charge in [0.1, 0.15) is 4.75 Å². The summed E-state index contributed by atoms with van der Waals surface area (Å²) in [5.41, 5.74) is 0. The van der Waals surface area contributed by atoms with E-state index in [0.29, 0.717) is 6.42 Å². The van der Waals surface area contributed by atoms with Crippen molar-refractivity contribution in [2.24, 2.45) is 0 Å². The highest BCUT2D eigenvalue weighted by Gasteiger charge is 2.52. The van der Waals surface area contributed by atoms with Gasteiger partial charge in [-0.1, -0.05) is 24.3 Å². The Kier molecular flexibility index (Phi) is 1.57. The second kappa shape index (κ2) is 2.27. The molecule has 2 aliphatic rings. The highest BCUT2D eigenvalue weighted by atomic mass is 32.2. The molecule has 2 rings (SSSR count). The minimum absolute atomic E-state index is 0.634. The average molecular weight is 198 g/mol. The van der Waals surface area contributed by atoms with E-state index < -0.39 is 19.3 Å². The predicted molar refractivity (Wildman–Crippen MR) is 53.2 cm³/mol. The van der Waals surface area contributed by atoms with Crippen molar-refractivity contribution in [3.63, 3.8) is 0 Å². The fourth-order valence-corrected chi connectivity index (χ4v) is 4.23. The Morgan fingerprint density at radius 3 is 2.54 bits per heavy atom. The Morgan fingerprint density at radius 1 is 1.15 bits per heavy atom. The predicted octanol–water partition coefficient (Wildman–Crippen LogP) is 1.84. The molecule has 0 aliphatic carbocycles. The minimum atomic E-state index is -3.06. The zero-order chi connectivity index (χ0) is 9.74. The molecule has 13 heavy (non-hydrogen) atoms. The van der Waals surface area contributed by atoms with Crippen LogP contribution in [0.3, 0.4) is 0 Å². The molecule has 2 bridgehead atoms. The van der Waals surface area contributed by atoms with Crippen LogP contribution >= 0.6 is 0 Å². The first kappa shape index (κ1) is 9.00. The molecule has 2 aliphatic heterocycles. The summed E-state index contributed by atoms with van der Waals surface area (Å²) in [4.78, 5) is 0. The van der Waals surface area contributed by atoms with Gasteiger partial charge in [-0.2, -0.15) is 0 Å². The molecule has 3 heteroatoms. The van der Waals surface area contributed by atoms with E-state index in [1.54, 1.807) is 6.92 Å². The lowest BCUT2D eigenvalue weighted by Crippen LogP contribution is -2.39. The molecular weight excluding hydrogens is 184 g/mol. The molecular formula is C10H14O2S. The van der Waals surface area contributed by atoms with Crippen molar-refractivity contribution in [3.05, 3.63) is 24.3 Å². The fraction of sp³-hybridized carbons (Fsp3) is 0.600. The highest BCUT2D eigenvalue weighted by molar-refractivity contribution is 7.95. The van der Waals surface area contributed by atoms with E-state index in [4.69, 9.17) is 0 Å². The Bertz CT molecular complexity index is 391. The van der Waals surface area contributed by atoms with Crippen LogP contribution in [-0.2, 0) is 9.84 Å². The van der Waals surface area contributed by atoms with Gasteiger partial charge in [0, 0.05) is 0 Å². The quantitative estimate of drug-likeness (QED) is 0.556. The molecule has 0 spiro atoms. The van der Waals surface area contributed by atoms with Gasteiger partial charge >= 0.3 is 0 Å². The lowest BCUT2D eigenvalue weighted by molar-refractivity contribution is 0.550. The normalized spacial score (nSPS) is 46.3. The van der Waals surface area contributed by atoms with Crippen molar-refractivity contribution < 1.29 is 8.42 Å². The van der Waals surface area contributed by atoms with Crippen molar-refractivity contribution in [3.8, 4) is 0 Å². The van der Waals surface area contributed by atoms with Gasteiger partial charge in [0.25, 0.3) is 0 Å². The molecule has 72 valence electrons. The monoisotopic (exact) mass is 198 g/mol. The first-order chi connectivity index (χ1) is 5.91. The summed E-state index contributed by atoms with van der Waals surface area (Å²) in [6, 6.07) is 0. The number of allylic oxidation sites excluding steroid dienone is 1. The molecule has 0 aromatic carbocycles. The molecule has 0 amide bonds. The fourth-order valence-electron chi connectivity index (χ4n) is 2.07. The van der Waals surface area contributed by atoms with E-state index in [-0.39, 0.29) is 0 Å². The smallest absolute Gasteiger partial charge is 0.171 e. The van der Waals surface area contributed by atoms with Crippen LogP contribution in [0.15, 0.2) is 24.3 Å². The van der Waals surface area contributed by atoms with E-state index in [2.05, 4.69) is 0 Å².